The first kappa shape index (κ1) is 15.5. The van der Waals surface area contributed by atoms with Crippen LogP contribution in [0.25, 0.3) is 11.5 Å². The Morgan fingerprint density at radius 1 is 1.29 bits per heavy atom. The molecule has 0 aliphatic rings. The summed E-state index contributed by atoms with van der Waals surface area (Å²) in [6.07, 6.45) is 2.62. The summed E-state index contributed by atoms with van der Waals surface area (Å²) in [4.78, 5) is 26.7. The molecule has 0 aliphatic heterocycles. The zero-order valence-corrected chi connectivity index (χ0v) is 12.6. The van der Waals surface area contributed by atoms with Crippen molar-refractivity contribution in [3.63, 3.8) is 0 Å². The van der Waals surface area contributed by atoms with E-state index in [2.05, 4.69) is 10.3 Å². The van der Waals surface area contributed by atoms with Crippen LogP contribution in [0.3, 0.4) is 0 Å². The number of hydrogen-bond acceptors (Lipinski definition) is 6. The molecule has 8 nitrogen and oxygen atoms in total. The lowest BCUT2D eigenvalue weighted by Gasteiger charge is -2.13. The predicted molar refractivity (Wildman–Crippen MR) is 83.2 cm³/mol. The molecule has 1 aromatic carbocycles. The lowest BCUT2D eigenvalue weighted by atomic mass is 10.1. The zero-order valence-electron chi connectivity index (χ0n) is 12.6. The topological polar surface area (TPSA) is 111 Å². The number of nitrogens with one attached hydrogen (secondary N) is 1. The van der Waals surface area contributed by atoms with Gasteiger partial charge in [0, 0.05) is 12.1 Å². The number of non-ortho nitro benzene ring substituents is 1. The van der Waals surface area contributed by atoms with Gasteiger partial charge in [0.2, 0.25) is 5.76 Å². The lowest BCUT2D eigenvalue weighted by molar-refractivity contribution is -0.384. The molecule has 0 unspecified atom stereocenters. The highest BCUT2D eigenvalue weighted by molar-refractivity contribution is 5.97. The van der Waals surface area contributed by atoms with Crippen molar-refractivity contribution in [2.75, 3.05) is 0 Å². The van der Waals surface area contributed by atoms with Crippen molar-refractivity contribution in [3.05, 3.63) is 70.4 Å². The van der Waals surface area contributed by atoms with Gasteiger partial charge < -0.3 is 14.2 Å². The molecule has 0 fully saturated rings. The van der Waals surface area contributed by atoms with Gasteiger partial charge in [-0.25, -0.2) is 4.98 Å². The van der Waals surface area contributed by atoms with Gasteiger partial charge in [-0.1, -0.05) is 12.1 Å². The van der Waals surface area contributed by atoms with E-state index in [0.29, 0.717) is 11.3 Å². The van der Waals surface area contributed by atoms with E-state index in [1.54, 1.807) is 31.2 Å². The predicted octanol–water partition coefficient (Wildman–Crippen LogP) is 3.33. The number of aromatic nitrogens is 1. The smallest absolute Gasteiger partial charge is 0.274 e. The summed E-state index contributed by atoms with van der Waals surface area (Å²) in [6, 6.07) is 8.96. The summed E-state index contributed by atoms with van der Waals surface area (Å²) in [5.41, 5.74) is 0.661. The highest BCUT2D eigenvalue weighted by Crippen LogP contribution is 2.24. The number of benzene rings is 1. The molecule has 0 saturated carbocycles. The molecule has 0 radical (unpaired) electrons. The standard InChI is InChI=1S/C16H13N3O5/c1-10(11-4-2-5-12(8-11)19(21)22)18-16(20)14-15(24-9-17-14)13-6-3-7-23-13/h2-10H,1H3,(H,18,20)/t10-/m1/s1. The van der Waals surface area contributed by atoms with Gasteiger partial charge in [-0.3, -0.25) is 14.9 Å². The number of nitro benzene ring substituents is 1. The normalized spacial score (nSPS) is 11.9. The Labute approximate surface area is 136 Å². The minimum atomic E-state index is -0.481. The van der Waals surface area contributed by atoms with E-state index in [1.165, 1.54) is 18.4 Å². The number of amides is 1. The van der Waals surface area contributed by atoms with Gasteiger partial charge in [-0.05, 0) is 24.6 Å². The molecular weight excluding hydrogens is 314 g/mol. The van der Waals surface area contributed by atoms with Gasteiger partial charge in [0.05, 0.1) is 17.2 Å². The maximum atomic E-state index is 12.4. The summed E-state index contributed by atoms with van der Waals surface area (Å²) in [6.45, 7) is 1.73. The molecule has 3 aromatic rings. The molecule has 1 N–H and O–H groups in total. The number of nitrogens with zero attached hydrogens (tertiary/aromatic N) is 2. The van der Waals surface area contributed by atoms with Crippen molar-refractivity contribution >= 4 is 11.6 Å². The van der Waals surface area contributed by atoms with Crippen LogP contribution in [0.5, 0.6) is 0 Å². The van der Waals surface area contributed by atoms with Gasteiger partial charge in [-0.2, -0.15) is 0 Å². The Morgan fingerprint density at radius 2 is 2.12 bits per heavy atom. The number of carbonyl (C=O) groups excluding carboxylic acids is 1. The molecule has 122 valence electrons. The summed E-state index contributed by atoms with van der Waals surface area (Å²) < 4.78 is 10.4. The average Bonchev–Trinajstić information content (AvgIpc) is 3.25. The number of nitro groups is 1. The van der Waals surface area contributed by atoms with Crippen LogP contribution in [0, 0.1) is 10.1 Å². The van der Waals surface area contributed by atoms with Gasteiger partial charge in [-0.15, -0.1) is 0 Å². The molecular formula is C16H13N3O5. The SMILES string of the molecule is C[C@@H](NC(=O)c1ncoc1-c1ccco1)c1cccc([N+](=O)[O-])c1. The van der Waals surface area contributed by atoms with Crippen LogP contribution < -0.4 is 5.32 Å². The first-order chi connectivity index (χ1) is 11.6. The largest absolute Gasteiger partial charge is 0.461 e. The Bertz CT molecular complexity index is 869. The maximum Gasteiger partial charge on any atom is 0.274 e. The van der Waals surface area contributed by atoms with Crippen molar-refractivity contribution in [2.45, 2.75) is 13.0 Å². The van der Waals surface area contributed by atoms with E-state index in [4.69, 9.17) is 8.83 Å². The van der Waals surface area contributed by atoms with Crippen LogP contribution in [-0.4, -0.2) is 15.8 Å². The quantitative estimate of drug-likeness (QED) is 0.568. The first-order valence-electron chi connectivity index (χ1n) is 7.09. The molecule has 0 aliphatic carbocycles. The highest BCUT2D eigenvalue weighted by Gasteiger charge is 2.22. The molecule has 3 rings (SSSR count). The average molecular weight is 327 g/mol. The van der Waals surface area contributed by atoms with Crippen LogP contribution >= 0.6 is 0 Å². The second kappa shape index (κ2) is 6.37. The van der Waals surface area contributed by atoms with Crippen LogP contribution in [0.1, 0.15) is 29.0 Å². The molecule has 1 amide bonds. The van der Waals surface area contributed by atoms with Crippen molar-refractivity contribution in [2.24, 2.45) is 0 Å². The molecule has 0 saturated heterocycles. The molecule has 2 heterocycles. The third-order valence-corrected chi connectivity index (χ3v) is 3.46. The lowest BCUT2D eigenvalue weighted by Crippen LogP contribution is -2.27. The minimum absolute atomic E-state index is 0.0358. The second-order valence-electron chi connectivity index (χ2n) is 5.05. The maximum absolute atomic E-state index is 12.4. The van der Waals surface area contributed by atoms with Crippen molar-refractivity contribution in [3.8, 4) is 11.5 Å². The molecule has 8 heteroatoms. The van der Waals surface area contributed by atoms with Crippen molar-refractivity contribution in [1.29, 1.82) is 0 Å². The number of hydrogen-bond donors (Lipinski definition) is 1. The van der Waals surface area contributed by atoms with E-state index in [9.17, 15) is 14.9 Å². The third-order valence-electron chi connectivity index (χ3n) is 3.46. The van der Waals surface area contributed by atoms with E-state index < -0.39 is 16.9 Å². The van der Waals surface area contributed by atoms with Gasteiger partial charge in [0.25, 0.3) is 11.6 Å². The van der Waals surface area contributed by atoms with Gasteiger partial charge in [0.1, 0.15) is 0 Å². The van der Waals surface area contributed by atoms with E-state index in [1.807, 2.05) is 0 Å². The van der Waals surface area contributed by atoms with E-state index >= 15 is 0 Å². The molecule has 1 atom stereocenters. The van der Waals surface area contributed by atoms with Gasteiger partial charge >= 0.3 is 0 Å². The number of rotatable bonds is 5. The Morgan fingerprint density at radius 3 is 2.83 bits per heavy atom. The number of carbonyl (C=O) groups is 1. The number of furan rings is 1. The molecule has 0 bridgehead atoms. The highest BCUT2D eigenvalue weighted by atomic mass is 16.6. The van der Waals surface area contributed by atoms with Crippen molar-refractivity contribution < 1.29 is 18.6 Å². The molecule has 24 heavy (non-hydrogen) atoms. The Hall–Kier alpha value is -3.42. The molecule has 0 spiro atoms. The third kappa shape index (κ3) is 3.02. The zero-order chi connectivity index (χ0) is 17.1. The van der Waals surface area contributed by atoms with Crippen LogP contribution in [0.2, 0.25) is 0 Å². The Kier molecular flexibility index (Phi) is 4.11. The Balaban J connectivity index is 1.79. The van der Waals surface area contributed by atoms with Crippen molar-refractivity contribution in [1.82, 2.24) is 10.3 Å². The number of oxazole rings is 1. The summed E-state index contributed by atoms with van der Waals surface area (Å²) >= 11 is 0. The minimum Gasteiger partial charge on any atom is -0.461 e. The summed E-state index contributed by atoms with van der Waals surface area (Å²) in [7, 11) is 0. The van der Waals surface area contributed by atoms with Crippen LogP contribution in [-0.2, 0) is 0 Å². The fourth-order valence-electron chi connectivity index (χ4n) is 2.25. The monoisotopic (exact) mass is 327 g/mol. The first-order valence-corrected chi connectivity index (χ1v) is 7.09. The fraction of sp³-hybridized carbons (Fsp3) is 0.125. The second-order valence-corrected chi connectivity index (χ2v) is 5.05. The van der Waals surface area contributed by atoms with Crippen LogP contribution in [0.15, 0.2) is 57.9 Å². The van der Waals surface area contributed by atoms with E-state index in [0.717, 1.165) is 6.39 Å². The van der Waals surface area contributed by atoms with Crippen LogP contribution in [0.4, 0.5) is 5.69 Å². The summed E-state index contributed by atoms with van der Waals surface area (Å²) in [5, 5.41) is 13.6. The van der Waals surface area contributed by atoms with E-state index in [-0.39, 0.29) is 17.1 Å². The van der Waals surface area contributed by atoms with Gasteiger partial charge in [0.15, 0.2) is 17.8 Å². The molecule has 2 aromatic heterocycles. The summed E-state index contributed by atoms with van der Waals surface area (Å²) in [5.74, 6) is 0.151. The fourth-order valence-corrected chi connectivity index (χ4v) is 2.25.